The first-order valence-electron chi connectivity index (χ1n) is 6.29. The fourth-order valence-electron chi connectivity index (χ4n) is 1.54. The summed E-state index contributed by atoms with van der Waals surface area (Å²) in [4.78, 5) is 16.2. The van der Waals surface area contributed by atoms with Crippen LogP contribution in [0.1, 0.15) is 29.4 Å². The molecule has 0 aromatic carbocycles. The third kappa shape index (κ3) is 5.51. The monoisotopic (exact) mass is 293 g/mol. The molecule has 1 rings (SSSR count). The van der Waals surface area contributed by atoms with E-state index in [1.54, 1.807) is 24.6 Å². The summed E-state index contributed by atoms with van der Waals surface area (Å²) >= 11 is 0. The van der Waals surface area contributed by atoms with Crippen LogP contribution in [0, 0.1) is 11.8 Å². The lowest BCUT2D eigenvalue weighted by atomic mass is 10.1. The molecule has 0 aliphatic carbocycles. The molecule has 1 heterocycles. The number of nitrogens with zero attached hydrogens (tertiary/aromatic N) is 1. The van der Waals surface area contributed by atoms with E-state index in [0.29, 0.717) is 17.7 Å². The Bertz CT molecular complexity index is 549. The minimum Gasteiger partial charge on any atom is -0.348 e. The summed E-state index contributed by atoms with van der Waals surface area (Å²) in [6, 6.07) is 3.39. The van der Waals surface area contributed by atoms with Crippen molar-refractivity contribution < 1.29 is 9.00 Å². The van der Waals surface area contributed by atoms with Gasteiger partial charge < -0.3 is 11.1 Å². The van der Waals surface area contributed by atoms with E-state index in [2.05, 4.69) is 22.1 Å². The molecule has 0 saturated heterocycles. The van der Waals surface area contributed by atoms with Crippen LogP contribution in [0.3, 0.4) is 0 Å². The Labute approximate surface area is 121 Å². The van der Waals surface area contributed by atoms with Gasteiger partial charge in [-0.2, -0.15) is 0 Å². The molecule has 0 bridgehead atoms. The lowest BCUT2D eigenvalue weighted by Gasteiger charge is -2.13. The molecule has 0 aliphatic heterocycles. The topological polar surface area (TPSA) is 85.1 Å². The smallest absolute Gasteiger partial charge is 0.271 e. The number of pyridine rings is 1. The molecule has 5 nitrogen and oxygen atoms in total. The highest BCUT2D eigenvalue weighted by atomic mass is 32.2. The highest BCUT2D eigenvalue weighted by Gasteiger charge is 2.14. The van der Waals surface area contributed by atoms with Gasteiger partial charge in [0.1, 0.15) is 5.69 Å². The fraction of sp³-hybridized carbons (Fsp3) is 0.429. The number of nitrogens with two attached hydrogens (primary N) is 1. The minimum atomic E-state index is -0.857. The van der Waals surface area contributed by atoms with Crippen LogP contribution in [0.5, 0.6) is 0 Å². The molecule has 3 N–H and O–H groups in total. The van der Waals surface area contributed by atoms with Gasteiger partial charge in [-0.3, -0.25) is 9.00 Å². The Morgan fingerprint density at radius 3 is 3.00 bits per heavy atom. The van der Waals surface area contributed by atoms with Gasteiger partial charge in [-0.1, -0.05) is 11.8 Å². The maximum Gasteiger partial charge on any atom is 0.271 e. The number of carbonyl (C=O) groups excluding carboxylic acids is 1. The van der Waals surface area contributed by atoms with Crippen molar-refractivity contribution >= 4 is 16.7 Å². The van der Waals surface area contributed by atoms with E-state index in [0.717, 1.165) is 0 Å². The first-order chi connectivity index (χ1) is 9.54. The quantitative estimate of drug-likeness (QED) is 0.764. The highest BCUT2D eigenvalue weighted by Crippen LogP contribution is 2.04. The number of hydrogen-bond donors (Lipinski definition) is 2. The largest absolute Gasteiger partial charge is 0.348 e. The molecule has 2 unspecified atom stereocenters. The Morgan fingerprint density at radius 1 is 1.60 bits per heavy atom. The summed E-state index contributed by atoms with van der Waals surface area (Å²) in [6.45, 7) is 2.10. The predicted molar refractivity (Wildman–Crippen MR) is 80.6 cm³/mol. The van der Waals surface area contributed by atoms with Crippen molar-refractivity contribution in [2.24, 2.45) is 5.73 Å². The van der Waals surface area contributed by atoms with Crippen LogP contribution in [0.25, 0.3) is 0 Å². The summed E-state index contributed by atoms with van der Waals surface area (Å²) in [5.74, 6) is 5.82. The van der Waals surface area contributed by atoms with E-state index < -0.39 is 10.8 Å². The lowest BCUT2D eigenvalue weighted by Crippen LogP contribution is -2.34. The van der Waals surface area contributed by atoms with Gasteiger partial charge in [0.25, 0.3) is 5.91 Å². The lowest BCUT2D eigenvalue weighted by molar-refractivity contribution is 0.0934. The minimum absolute atomic E-state index is 0.0660. The molecule has 0 saturated carbocycles. The van der Waals surface area contributed by atoms with Gasteiger partial charge in [-0.05, 0) is 25.5 Å². The van der Waals surface area contributed by atoms with Gasteiger partial charge in [0.15, 0.2) is 0 Å². The first kappa shape index (κ1) is 16.3. The summed E-state index contributed by atoms with van der Waals surface area (Å²) < 4.78 is 11.0. The fourth-order valence-corrected chi connectivity index (χ4v) is 2.23. The second-order valence-corrected chi connectivity index (χ2v) is 5.90. The zero-order chi connectivity index (χ0) is 15.0. The van der Waals surface area contributed by atoms with Gasteiger partial charge in [0, 0.05) is 35.0 Å². The molecule has 20 heavy (non-hydrogen) atoms. The Balaban J connectivity index is 2.74. The second kappa shape index (κ2) is 8.46. The van der Waals surface area contributed by atoms with Crippen LogP contribution in [0.15, 0.2) is 18.3 Å². The summed E-state index contributed by atoms with van der Waals surface area (Å²) in [6.07, 6.45) is 3.85. The normalized spacial score (nSPS) is 12.9. The summed E-state index contributed by atoms with van der Waals surface area (Å²) in [5, 5.41) is 2.83. The van der Waals surface area contributed by atoms with Gasteiger partial charge in [0.05, 0.1) is 12.1 Å². The number of carbonyl (C=O) groups is 1. The van der Waals surface area contributed by atoms with Gasteiger partial charge >= 0.3 is 0 Å². The van der Waals surface area contributed by atoms with E-state index >= 15 is 0 Å². The molecule has 0 fully saturated rings. The van der Waals surface area contributed by atoms with Crippen molar-refractivity contribution in [3.05, 3.63) is 29.6 Å². The third-order valence-corrected chi connectivity index (χ3v) is 3.37. The van der Waals surface area contributed by atoms with Crippen LogP contribution in [-0.4, -0.2) is 39.7 Å². The van der Waals surface area contributed by atoms with Crippen molar-refractivity contribution in [3.8, 4) is 11.8 Å². The van der Waals surface area contributed by atoms with Gasteiger partial charge in [-0.25, -0.2) is 4.98 Å². The van der Waals surface area contributed by atoms with E-state index in [9.17, 15) is 9.00 Å². The molecule has 0 spiro atoms. The maximum atomic E-state index is 12.1. The van der Waals surface area contributed by atoms with Crippen LogP contribution >= 0.6 is 0 Å². The number of amides is 1. The van der Waals surface area contributed by atoms with Crippen molar-refractivity contribution in [2.75, 3.05) is 18.6 Å². The summed E-state index contributed by atoms with van der Waals surface area (Å²) in [7, 11) is -0.857. The SMILES string of the molecule is CC(CCS(C)=O)NC(=O)c1ncccc1C#CCN. The van der Waals surface area contributed by atoms with E-state index in [-0.39, 0.29) is 24.2 Å². The van der Waals surface area contributed by atoms with E-state index in [1.807, 2.05) is 6.92 Å². The highest BCUT2D eigenvalue weighted by molar-refractivity contribution is 7.84. The van der Waals surface area contributed by atoms with Crippen molar-refractivity contribution in [2.45, 2.75) is 19.4 Å². The number of aromatic nitrogens is 1. The first-order valence-corrected chi connectivity index (χ1v) is 8.02. The van der Waals surface area contributed by atoms with Crippen molar-refractivity contribution in [1.82, 2.24) is 10.3 Å². The predicted octanol–water partition coefficient (Wildman–Crippen LogP) is 0.279. The molecule has 1 aromatic rings. The van der Waals surface area contributed by atoms with Crippen LogP contribution < -0.4 is 11.1 Å². The second-order valence-electron chi connectivity index (χ2n) is 4.35. The number of nitrogens with one attached hydrogen (secondary N) is 1. The van der Waals surface area contributed by atoms with Crippen molar-refractivity contribution in [1.29, 1.82) is 0 Å². The molecule has 0 aliphatic rings. The maximum absolute atomic E-state index is 12.1. The molecule has 1 aromatic heterocycles. The zero-order valence-corrected chi connectivity index (χ0v) is 12.5. The molecular formula is C14H19N3O2S. The molecular weight excluding hydrogens is 274 g/mol. The van der Waals surface area contributed by atoms with Crippen LogP contribution in [0.4, 0.5) is 0 Å². The summed E-state index contributed by atoms with van der Waals surface area (Å²) in [5.41, 5.74) is 6.17. The molecule has 108 valence electrons. The Hall–Kier alpha value is -1.71. The van der Waals surface area contributed by atoms with E-state index in [1.165, 1.54) is 0 Å². The molecule has 1 amide bonds. The van der Waals surface area contributed by atoms with E-state index in [4.69, 9.17) is 5.73 Å². The van der Waals surface area contributed by atoms with Gasteiger partial charge in [0.2, 0.25) is 0 Å². The standard InChI is InChI=1S/C14H19N3O2S/c1-11(7-10-20(2)19)17-14(18)13-12(5-3-8-15)6-4-9-16-13/h4,6,9,11H,7-8,10,15H2,1-2H3,(H,17,18). The third-order valence-electron chi connectivity index (χ3n) is 2.56. The molecule has 0 radical (unpaired) electrons. The number of rotatable bonds is 5. The average molecular weight is 293 g/mol. The zero-order valence-electron chi connectivity index (χ0n) is 11.7. The van der Waals surface area contributed by atoms with Crippen LogP contribution in [-0.2, 0) is 10.8 Å². The van der Waals surface area contributed by atoms with Crippen LogP contribution in [0.2, 0.25) is 0 Å². The number of hydrogen-bond acceptors (Lipinski definition) is 4. The van der Waals surface area contributed by atoms with Gasteiger partial charge in [-0.15, -0.1) is 0 Å². The Morgan fingerprint density at radius 2 is 2.35 bits per heavy atom. The average Bonchev–Trinajstić information content (AvgIpc) is 2.43. The van der Waals surface area contributed by atoms with Crippen molar-refractivity contribution in [3.63, 3.8) is 0 Å². The molecule has 6 heteroatoms. The Kier molecular flexibility index (Phi) is 6.91. The molecule has 2 atom stereocenters.